The van der Waals surface area contributed by atoms with Crippen LogP contribution < -0.4 is 4.78 Å². The van der Waals surface area contributed by atoms with E-state index in [1.54, 1.807) is 11.3 Å². The molecule has 1 N–H and O–H groups in total. The first-order valence-corrected chi connectivity index (χ1v) is 8.35. The summed E-state index contributed by atoms with van der Waals surface area (Å²) in [5, 5.41) is 12.4. The molecular weight excluding hydrogens is 295 g/mol. The van der Waals surface area contributed by atoms with Gasteiger partial charge in [0.1, 0.15) is 6.10 Å². The highest BCUT2D eigenvalue weighted by molar-refractivity contribution is 7.20. The molecule has 2 heterocycles. The van der Waals surface area contributed by atoms with Gasteiger partial charge < -0.3 is 14.4 Å². The molecule has 0 radical (unpaired) electrons. The van der Waals surface area contributed by atoms with Crippen LogP contribution in [0, 0.1) is 0 Å². The minimum absolute atomic E-state index is 0.347. The molecule has 0 saturated carbocycles. The summed E-state index contributed by atoms with van der Waals surface area (Å²) in [5.74, 6) is 0. The van der Waals surface area contributed by atoms with Gasteiger partial charge in [-0.3, -0.25) is 0 Å². The Morgan fingerprint density at radius 3 is 2.18 bits per heavy atom. The molecule has 1 aliphatic heterocycles. The quantitative estimate of drug-likeness (QED) is 0.884. The zero-order valence-corrected chi connectivity index (χ0v) is 14.2. The molecule has 5 heteroatoms. The Morgan fingerprint density at radius 2 is 1.59 bits per heavy atom. The summed E-state index contributed by atoms with van der Waals surface area (Å²) in [5.41, 5.74) is 1.07. The fourth-order valence-electron chi connectivity index (χ4n) is 2.42. The molecule has 1 fully saturated rings. The number of thiophene rings is 1. The lowest BCUT2D eigenvalue weighted by Crippen LogP contribution is -2.41. The lowest BCUT2D eigenvalue weighted by molar-refractivity contribution is 0.00578. The third kappa shape index (κ3) is 2.74. The summed E-state index contributed by atoms with van der Waals surface area (Å²) >= 11 is 1.56. The second-order valence-corrected chi connectivity index (χ2v) is 7.63. The van der Waals surface area contributed by atoms with Gasteiger partial charge in [-0.15, -0.1) is 0 Å². The molecule has 0 spiro atoms. The molecule has 1 aromatic carbocycles. The molecule has 1 saturated heterocycles. The zero-order valence-electron chi connectivity index (χ0n) is 13.4. The highest BCUT2D eigenvalue weighted by atomic mass is 32.1. The smallest absolute Gasteiger partial charge is 0.399 e. The molecular formula is C17H21BO3S. The Kier molecular flexibility index (Phi) is 3.93. The number of rotatable bonds is 3. The highest BCUT2D eigenvalue weighted by Gasteiger charge is 2.52. The predicted octanol–water partition coefficient (Wildman–Crippen LogP) is 3.13. The second kappa shape index (κ2) is 5.50. The highest BCUT2D eigenvalue weighted by Crippen LogP contribution is 2.37. The van der Waals surface area contributed by atoms with Gasteiger partial charge in [0.15, 0.2) is 0 Å². The van der Waals surface area contributed by atoms with Crippen molar-refractivity contribution in [3.63, 3.8) is 0 Å². The van der Waals surface area contributed by atoms with Crippen LogP contribution in [0.4, 0.5) is 0 Å². The molecule has 116 valence electrons. The van der Waals surface area contributed by atoms with Crippen molar-refractivity contribution in [1.29, 1.82) is 0 Å². The van der Waals surface area contributed by atoms with Crippen LogP contribution in [-0.2, 0) is 9.31 Å². The van der Waals surface area contributed by atoms with Gasteiger partial charge in [-0.2, -0.15) is 11.3 Å². The third-order valence-corrected chi connectivity index (χ3v) is 5.53. The van der Waals surface area contributed by atoms with Crippen LogP contribution in [0.25, 0.3) is 0 Å². The minimum Gasteiger partial charge on any atom is -0.399 e. The van der Waals surface area contributed by atoms with E-state index in [4.69, 9.17) is 9.31 Å². The molecule has 22 heavy (non-hydrogen) atoms. The fourth-order valence-corrected chi connectivity index (χ4v) is 3.30. The van der Waals surface area contributed by atoms with E-state index in [2.05, 4.69) is 0 Å². The summed E-state index contributed by atoms with van der Waals surface area (Å²) < 4.78 is 13.1. The van der Waals surface area contributed by atoms with Gasteiger partial charge in [-0.05, 0) is 50.3 Å². The normalized spacial score (nSPS) is 21.0. The van der Waals surface area contributed by atoms with Crippen molar-refractivity contribution in [2.24, 2.45) is 0 Å². The maximum Gasteiger partial charge on any atom is 0.505 e. The topological polar surface area (TPSA) is 38.7 Å². The molecule has 1 atom stereocenters. The van der Waals surface area contributed by atoms with Gasteiger partial charge in [-0.25, -0.2) is 0 Å². The van der Waals surface area contributed by atoms with E-state index in [0.29, 0.717) is 0 Å². The Labute approximate surface area is 136 Å². The maximum atomic E-state index is 10.5. The monoisotopic (exact) mass is 316 g/mol. The molecule has 3 nitrogen and oxygen atoms in total. The van der Waals surface area contributed by atoms with E-state index in [-0.39, 0.29) is 18.3 Å². The summed E-state index contributed by atoms with van der Waals surface area (Å²) in [6.07, 6.45) is -0.617. The SMILES string of the molecule is CC1(C)OB(c2cc(C(O)c3ccccc3)cs2)OC1(C)C. The molecule has 2 aromatic rings. The average Bonchev–Trinajstić information content (AvgIpc) is 3.03. The van der Waals surface area contributed by atoms with Gasteiger partial charge >= 0.3 is 7.12 Å². The number of benzene rings is 1. The number of hydrogen-bond donors (Lipinski definition) is 1. The van der Waals surface area contributed by atoms with Gasteiger partial charge in [-0.1, -0.05) is 30.3 Å². The van der Waals surface area contributed by atoms with Crippen LogP contribution in [0.5, 0.6) is 0 Å². The van der Waals surface area contributed by atoms with Crippen molar-refractivity contribution in [2.45, 2.75) is 45.0 Å². The first-order chi connectivity index (χ1) is 10.3. The van der Waals surface area contributed by atoms with Crippen molar-refractivity contribution >= 4 is 23.2 Å². The van der Waals surface area contributed by atoms with E-state index in [1.165, 1.54) is 0 Å². The van der Waals surface area contributed by atoms with E-state index < -0.39 is 6.10 Å². The van der Waals surface area contributed by atoms with Gasteiger partial charge in [0.05, 0.1) is 11.2 Å². The Balaban J connectivity index is 1.81. The Bertz CT molecular complexity index is 635. The summed E-state index contributed by atoms with van der Waals surface area (Å²) in [6, 6.07) is 11.6. The van der Waals surface area contributed by atoms with Gasteiger partial charge in [0, 0.05) is 4.78 Å². The predicted molar refractivity (Wildman–Crippen MR) is 90.5 cm³/mol. The largest absolute Gasteiger partial charge is 0.505 e. The Morgan fingerprint density at radius 1 is 1.00 bits per heavy atom. The number of hydrogen-bond acceptors (Lipinski definition) is 4. The maximum absolute atomic E-state index is 10.5. The average molecular weight is 316 g/mol. The van der Waals surface area contributed by atoms with E-state index in [1.807, 2.05) is 69.5 Å². The van der Waals surface area contributed by atoms with Gasteiger partial charge in [0.2, 0.25) is 0 Å². The van der Waals surface area contributed by atoms with Crippen molar-refractivity contribution in [3.8, 4) is 0 Å². The Hall–Kier alpha value is -1.14. The molecule has 1 aromatic heterocycles. The van der Waals surface area contributed by atoms with Crippen LogP contribution in [0.15, 0.2) is 41.8 Å². The zero-order chi connectivity index (χ0) is 16.0. The first kappa shape index (κ1) is 15.7. The van der Waals surface area contributed by atoms with Crippen molar-refractivity contribution in [2.75, 3.05) is 0 Å². The first-order valence-electron chi connectivity index (χ1n) is 7.47. The van der Waals surface area contributed by atoms with E-state index in [0.717, 1.165) is 15.9 Å². The standard InChI is InChI=1S/C17H21BO3S/c1-16(2)17(3,4)21-18(20-16)14-10-13(11-22-14)15(19)12-8-6-5-7-9-12/h5-11,15,19H,1-4H3. The lowest BCUT2D eigenvalue weighted by atomic mass is 9.87. The summed E-state index contributed by atoms with van der Waals surface area (Å²) in [6.45, 7) is 8.17. The second-order valence-electron chi connectivity index (χ2n) is 6.68. The molecule has 1 aliphatic rings. The summed E-state index contributed by atoms with van der Waals surface area (Å²) in [4.78, 5) is 0. The number of aliphatic hydroxyl groups excluding tert-OH is 1. The van der Waals surface area contributed by atoms with Gasteiger partial charge in [0.25, 0.3) is 0 Å². The van der Waals surface area contributed by atoms with Crippen LogP contribution >= 0.6 is 11.3 Å². The molecule has 0 bridgehead atoms. The van der Waals surface area contributed by atoms with Crippen molar-refractivity contribution in [1.82, 2.24) is 0 Å². The third-order valence-electron chi connectivity index (χ3n) is 4.56. The van der Waals surface area contributed by atoms with Crippen LogP contribution in [-0.4, -0.2) is 23.4 Å². The van der Waals surface area contributed by atoms with Crippen molar-refractivity contribution in [3.05, 3.63) is 52.9 Å². The molecule has 0 aliphatic carbocycles. The molecule has 3 rings (SSSR count). The molecule has 0 amide bonds. The minimum atomic E-state index is -0.617. The summed E-state index contributed by atoms with van der Waals surface area (Å²) in [7, 11) is -0.369. The van der Waals surface area contributed by atoms with Crippen LogP contribution in [0.2, 0.25) is 0 Å². The van der Waals surface area contributed by atoms with E-state index in [9.17, 15) is 5.11 Å². The van der Waals surface area contributed by atoms with Crippen molar-refractivity contribution < 1.29 is 14.4 Å². The fraction of sp³-hybridized carbons (Fsp3) is 0.412. The van der Waals surface area contributed by atoms with Crippen LogP contribution in [0.3, 0.4) is 0 Å². The van der Waals surface area contributed by atoms with E-state index >= 15 is 0 Å². The van der Waals surface area contributed by atoms with Crippen LogP contribution in [0.1, 0.15) is 44.9 Å². The lowest BCUT2D eigenvalue weighted by Gasteiger charge is -2.32. The molecule has 1 unspecified atom stereocenters. The number of aliphatic hydroxyl groups is 1.